The number of thiocarbonyl (C=S) groups is 1. The van der Waals surface area contributed by atoms with Gasteiger partial charge in [-0.3, -0.25) is 9.78 Å². The lowest BCUT2D eigenvalue weighted by Gasteiger charge is -2.27. The summed E-state index contributed by atoms with van der Waals surface area (Å²) in [4.78, 5) is 31.3. The van der Waals surface area contributed by atoms with Crippen LogP contribution >= 0.6 is 12.2 Å². The van der Waals surface area contributed by atoms with Crippen molar-refractivity contribution in [3.05, 3.63) is 113 Å². The number of aryl methyl sites for hydroxylation is 2. The van der Waals surface area contributed by atoms with Crippen LogP contribution in [0.5, 0.6) is 0 Å². The Kier molecular flexibility index (Phi) is 7.17. The highest BCUT2D eigenvalue weighted by molar-refractivity contribution is 7.80. The van der Waals surface area contributed by atoms with Crippen molar-refractivity contribution in [1.29, 1.82) is 0 Å². The molecule has 0 aliphatic carbocycles. The molecule has 198 valence electrons. The zero-order valence-electron chi connectivity index (χ0n) is 21.9. The van der Waals surface area contributed by atoms with Crippen LogP contribution in [0.2, 0.25) is 0 Å². The summed E-state index contributed by atoms with van der Waals surface area (Å²) in [6.45, 7) is 6.01. The van der Waals surface area contributed by atoms with Crippen LogP contribution in [-0.2, 0) is 4.79 Å². The number of hydrogen-bond donors (Lipinski definition) is 3. The van der Waals surface area contributed by atoms with Gasteiger partial charge in [-0.15, -0.1) is 0 Å². The molecule has 0 unspecified atom stereocenters. The minimum absolute atomic E-state index is 0.0475. The van der Waals surface area contributed by atoms with Gasteiger partial charge in [-0.05, 0) is 86.6 Å². The SMILES string of the molecule is Cc1ccc(C(=O)O)cc1-n1c(C)cc([C@@H]2[C@@H](c3ccccn3)NC(=S)N2CC(=O)Nc2ccccc2)c1C. The second kappa shape index (κ2) is 10.7. The topological polar surface area (TPSA) is 99.5 Å². The van der Waals surface area contributed by atoms with Crippen LogP contribution in [0.15, 0.2) is 79.0 Å². The van der Waals surface area contributed by atoms with Crippen molar-refractivity contribution >= 4 is 34.9 Å². The molecule has 1 fully saturated rings. The van der Waals surface area contributed by atoms with Crippen LogP contribution in [-0.4, -0.2) is 43.1 Å². The number of carbonyl (C=O) groups is 2. The van der Waals surface area contributed by atoms with Gasteiger partial charge in [-0.1, -0.05) is 30.3 Å². The van der Waals surface area contributed by atoms with Crippen LogP contribution in [0.1, 0.15) is 50.7 Å². The third-order valence-electron chi connectivity index (χ3n) is 7.06. The normalized spacial score (nSPS) is 16.7. The minimum atomic E-state index is -0.977. The molecule has 1 saturated heterocycles. The zero-order chi connectivity index (χ0) is 27.7. The average molecular weight is 540 g/mol. The van der Waals surface area contributed by atoms with Gasteiger partial charge in [-0.25, -0.2) is 4.79 Å². The van der Waals surface area contributed by atoms with Gasteiger partial charge in [-0.2, -0.15) is 0 Å². The quantitative estimate of drug-likeness (QED) is 0.281. The van der Waals surface area contributed by atoms with Crippen molar-refractivity contribution in [3.63, 3.8) is 0 Å². The standard InChI is InChI=1S/C30H29N5O3S/c1-18-12-13-21(29(37)38)16-25(18)35-19(2)15-23(20(35)3)28-27(24-11-7-8-14-31-24)33-30(39)34(28)17-26(36)32-22-9-5-4-6-10-22/h4-16,27-28H,17H2,1-3H3,(H,32,36)(H,33,39)(H,37,38)/t27-,28-/m1/s1. The Morgan fingerprint density at radius 2 is 1.77 bits per heavy atom. The monoisotopic (exact) mass is 539 g/mol. The van der Waals surface area contributed by atoms with Crippen molar-refractivity contribution in [2.75, 3.05) is 11.9 Å². The molecule has 0 radical (unpaired) electrons. The number of anilines is 1. The number of carboxylic acids is 1. The molecule has 2 aromatic carbocycles. The molecule has 8 nitrogen and oxygen atoms in total. The Morgan fingerprint density at radius 1 is 1.03 bits per heavy atom. The summed E-state index contributed by atoms with van der Waals surface area (Å²) < 4.78 is 2.07. The van der Waals surface area contributed by atoms with Gasteiger partial charge < -0.3 is 25.2 Å². The number of hydrogen-bond acceptors (Lipinski definition) is 4. The van der Waals surface area contributed by atoms with E-state index in [1.165, 1.54) is 0 Å². The lowest BCUT2D eigenvalue weighted by Crippen LogP contribution is -2.37. The highest BCUT2D eigenvalue weighted by atomic mass is 32.1. The second-order valence-electron chi connectivity index (χ2n) is 9.64. The van der Waals surface area contributed by atoms with Gasteiger partial charge >= 0.3 is 5.97 Å². The maximum absolute atomic E-state index is 13.1. The van der Waals surface area contributed by atoms with E-state index in [0.717, 1.165) is 33.9 Å². The first-order valence-corrected chi connectivity index (χ1v) is 13.0. The highest BCUT2D eigenvalue weighted by Gasteiger charge is 2.42. The largest absolute Gasteiger partial charge is 0.478 e. The fraction of sp³-hybridized carbons (Fsp3) is 0.200. The summed E-state index contributed by atoms with van der Waals surface area (Å²) in [6.07, 6.45) is 1.74. The molecule has 3 heterocycles. The van der Waals surface area contributed by atoms with Crippen LogP contribution in [0.25, 0.3) is 5.69 Å². The fourth-order valence-electron chi connectivity index (χ4n) is 5.23. The van der Waals surface area contributed by atoms with Crippen LogP contribution in [0.4, 0.5) is 5.69 Å². The zero-order valence-corrected chi connectivity index (χ0v) is 22.7. The summed E-state index contributed by atoms with van der Waals surface area (Å²) in [5.74, 6) is -1.16. The molecule has 9 heteroatoms. The lowest BCUT2D eigenvalue weighted by molar-refractivity contribution is -0.116. The molecule has 0 bridgehead atoms. The first-order chi connectivity index (χ1) is 18.7. The Morgan fingerprint density at radius 3 is 2.46 bits per heavy atom. The summed E-state index contributed by atoms with van der Waals surface area (Å²) in [6, 6.07) is 21.7. The Hall–Kier alpha value is -4.50. The molecule has 1 aliphatic heterocycles. The number of pyridine rings is 1. The number of carboxylic acid groups (broad SMARTS) is 1. The van der Waals surface area contributed by atoms with E-state index in [-0.39, 0.29) is 30.1 Å². The van der Waals surface area contributed by atoms with E-state index in [9.17, 15) is 14.7 Å². The third-order valence-corrected chi connectivity index (χ3v) is 7.41. The van der Waals surface area contributed by atoms with Gasteiger partial charge in [0.05, 0.1) is 23.3 Å². The summed E-state index contributed by atoms with van der Waals surface area (Å²) >= 11 is 5.76. The van der Waals surface area contributed by atoms with Gasteiger partial charge in [0.1, 0.15) is 6.54 Å². The molecule has 0 saturated carbocycles. The van der Waals surface area contributed by atoms with Gasteiger partial charge in [0.2, 0.25) is 5.91 Å². The maximum atomic E-state index is 13.1. The van der Waals surface area contributed by atoms with Gasteiger partial charge in [0.15, 0.2) is 5.11 Å². The van der Waals surface area contributed by atoms with Crippen molar-refractivity contribution in [3.8, 4) is 5.69 Å². The van der Waals surface area contributed by atoms with Crippen LogP contribution in [0, 0.1) is 20.8 Å². The molecular weight excluding hydrogens is 510 g/mol. The Balaban J connectivity index is 1.57. The molecule has 1 amide bonds. The van der Waals surface area contributed by atoms with Crippen LogP contribution < -0.4 is 10.6 Å². The minimum Gasteiger partial charge on any atom is -0.478 e. The van der Waals surface area contributed by atoms with Crippen molar-refractivity contribution in [2.45, 2.75) is 32.9 Å². The number of nitrogens with zero attached hydrogens (tertiary/aromatic N) is 3. The first-order valence-electron chi connectivity index (χ1n) is 12.6. The summed E-state index contributed by atoms with van der Waals surface area (Å²) in [7, 11) is 0. The molecule has 4 aromatic rings. The van der Waals surface area contributed by atoms with E-state index in [0.29, 0.717) is 10.8 Å². The number of nitrogens with one attached hydrogen (secondary N) is 2. The number of aromatic carboxylic acids is 1. The average Bonchev–Trinajstić information content (AvgIpc) is 3.39. The van der Waals surface area contributed by atoms with E-state index < -0.39 is 5.97 Å². The molecule has 2 aromatic heterocycles. The summed E-state index contributed by atoms with van der Waals surface area (Å²) in [5, 5.41) is 16.4. The summed E-state index contributed by atoms with van der Waals surface area (Å²) in [5.41, 5.74) is 6.35. The predicted octanol–water partition coefficient (Wildman–Crippen LogP) is 5.11. The van der Waals surface area contributed by atoms with E-state index in [4.69, 9.17) is 12.2 Å². The number of amides is 1. The Labute approximate surface area is 232 Å². The highest BCUT2D eigenvalue weighted by Crippen LogP contribution is 2.41. The maximum Gasteiger partial charge on any atom is 0.335 e. The number of carbonyl (C=O) groups excluding carboxylic acids is 1. The van der Waals surface area contributed by atoms with Crippen molar-refractivity contribution in [2.24, 2.45) is 0 Å². The van der Waals surface area contributed by atoms with Gasteiger partial charge in [0, 0.05) is 29.0 Å². The number of benzene rings is 2. The van der Waals surface area contributed by atoms with Crippen molar-refractivity contribution in [1.82, 2.24) is 19.8 Å². The second-order valence-corrected chi connectivity index (χ2v) is 10.0. The predicted molar refractivity (Wildman–Crippen MR) is 154 cm³/mol. The van der Waals surface area contributed by atoms with Crippen LogP contribution in [0.3, 0.4) is 0 Å². The number of para-hydroxylation sites is 1. The smallest absolute Gasteiger partial charge is 0.335 e. The van der Waals surface area contributed by atoms with E-state index >= 15 is 0 Å². The molecule has 3 N–H and O–H groups in total. The third kappa shape index (κ3) is 5.13. The van der Waals surface area contributed by atoms with E-state index in [1.54, 1.807) is 18.3 Å². The molecular formula is C30H29N5O3S. The fourth-order valence-corrected chi connectivity index (χ4v) is 5.54. The molecule has 0 spiro atoms. The number of aromatic nitrogens is 2. The molecule has 5 rings (SSSR count). The van der Waals surface area contributed by atoms with E-state index in [2.05, 4.69) is 26.3 Å². The Bertz CT molecular complexity index is 1550. The molecule has 39 heavy (non-hydrogen) atoms. The number of rotatable bonds is 7. The first kappa shape index (κ1) is 26.1. The lowest BCUT2D eigenvalue weighted by atomic mass is 9.96. The van der Waals surface area contributed by atoms with Crippen molar-refractivity contribution < 1.29 is 14.7 Å². The van der Waals surface area contributed by atoms with E-state index in [1.807, 2.05) is 80.3 Å². The molecule has 2 atom stereocenters. The molecule has 1 aliphatic rings. The van der Waals surface area contributed by atoms with Gasteiger partial charge in [0.25, 0.3) is 0 Å².